The Balaban J connectivity index is 1.45. The first-order valence-corrected chi connectivity index (χ1v) is 13.7. The van der Waals surface area contributed by atoms with E-state index in [1.807, 2.05) is 36.4 Å². The number of carbonyl (C=O) groups is 2. The Morgan fingerprint density at radius 3 is 1.31 bits per heavy atom. The van der Waals surface area contributed by atoms with E-state index in [0.717, 1.165) is 10.8 Å². The van der Waals surface area contributed by atoms with E-state index in [2.05, 4.69) is 0 Å². The van der Waals surface area contributed by atoms with Crippen LogP contribution < -0.4 is 9.47 Å². The molecule has 6 rings (SSSR count). The number of nitro groups is 2. The number of nitro benzene ring substituents is 2. The van der Waals surface area contributed by atoms with Crippen LogP contribution in [0.25, 0.3) is 21.5 Å². The molecular formula is C35H22N2O8. The van der Waals surface area contributed by atoms with Crippen LogP contribution in [0.5, 0.6) is 11.5 Å². The van der Waals surface area contributed by atoms with Crippen molar-refractivity contribution in [3.05, 3.63) is 164 Å². The molecular weight excluding hydrogens is 576 g/mol. The Bertz CT molecular complexity index is 2010. The second-order valence-corrected chi connectivity index (χ2v) is 10.1. The van der Waals surface area contributed by atoms with Gasteiger partial charge < -0.3 is 9.47 Å². The molecule has 0 aliphatic rings. The minimum Gasteiger partial charge on any atom is -0.422 e. The number of esters is 2. The van der Waals surface area contributed by atoms with Crippen LogP contribution in [-0.2, 0) is 6.42 Å². The van der Waals surface area contributed by atoms with Gasteiger partial charge >= 0.3 is 11.9 Å². The summed E-state index contributed by atoms with van der Waals surface area (Å²) < 4.78 is 11.8. The van der Waals surface area contributed by atoms with Crippen molar-refractivity contribution < 1.29 is 28.9 Å². The third-order valence-corrected chi connectivity index (χ3v) is 7.33. The molecule has 10 heteroatoms. The zero-order valence-corrected chi connectivity index (χ0v) is 23.4. The first kappa shape index (κ1) is 28.7. The van der Waals surface area contributed by atoms with Crippen molar-refractivity contribution in [2.24, 2.45) is 0 Å². The summed E-state index contributed by atoms with van der Waals surface area (Å²) in [5.74, 6) is -1.41. The van der Waals surface area contributed by atoms with Gasteiger partial charge in [-0.05, 0) is 22.9 Å². The van der Waals surface area contributed by atoms with E-state index < -0.39 is 21.8 Å². The van der Waals surface area contributed by atoms with Gasteiger partial charge in [-0.3, -0.25) is 20.2 Å². The third kappa shape index (κ3) is 5.67. The van der Waals surface area contributed by atoms with Crippen LogP contribution >= 0.6 is 0 Å². The summed E-state index contributed by atoms with van der Waals surface area (Å²) in [5.41, 5.74) is -0.0961. The average Bonchev–Trinajstić information content (AvgIpc) is 3.06. The zero-order chi connectivity index (χ0) is 31.5. The molecule has 0 bridgehead atoms. The fourth-order valence-corrected chi connectivity index (χ4v) is 5.21. The van der Waals surface area contributed by atoms with Crippen molar-refractivity contribution in [1.29, 1.82) is 0 Å². The molecule has 6 aromatic carbocycles. The average molecular weight is 599 g/mol. The molecule has 45 heavy (non-hydrogen) atoms. The van der Waals surface area contributed by atoms with Gasteiger partial charge in [0, 0.05) is 40.5 Å². The van der Waals surface area contributed by atoms with Gasteiger partial charge in [-0.1, -0.05) is 97.1 Å². The monoisotopic (exact) mass is 598 g/mol. The van der Waals surface area contributed by atoms with Crippen LogP contribution in [0.15, 0.2) is 121 Å². The van der Waals surface area contributed by atoms with E-state index >= 15 is 0 Å². The second kappa shape index (κ2) is 12.1. The summed E-state index contributed by atoms with van der Waals surface area (Å²) in [5, 5.41) is 26.0. The molecule has 0 saturated carbocycles. The molecule has 0 aliphatic carbocycles. The molecule has 0 saturated heterocycles. The first-order valence-electron chi connectivity index (χ1n) is 13.7. The molecule has 0 amide bonds. The van der Waals surface area contributed by atoms with E-state index in [-0.39, 0.29) is 40.4 Å². The van der Waals surface area contributed by atoms with Gasteiger partial charge in [-0.15, -0.1) is 0 Å². The van der Waals surface area contributed by atoms with Crippen LogP contribution in [-0.4, -0.2) is 21.8 Å². The molecule has 0 aliphatic heterocycles. The molecule has 0 spiro atoms. The predicted octanol–water partition coefficient (Wildman–Crippen LogP) is 7.84. The Hall–Kier alpha value is -6.42. The Kier molecular flexibility index (Phi) is 7.69. The maximum absolute atomic E-state index is 13.4. The van der Waals surface area contributed by atoms with Gasteiger partial charge in [-0.2, -0.15) is 0 Å². The van der Waals surface area contributed by atoms with Crippen molar-refractivity contribution >= 4 is 44.9 Å². The first-order chi connectivity index (χ1) is 21.8. The molecule has 220 valence electrons. The maximum Gasteiger partial charge on any atom is 0.350 e. The van der Waals surface area contributed by atoms with Crippen molar-refractivity contribution in [3.8, 4) is 11.5 Å². The highest BCUT2D eigenvalue weighted by atomic mass is 16.6. The molecule has 0 atom stereocenters. The fourth-order valence-electron chi connectivity index (χ4n) is 5.21. The van der Waals surface area contributed by atoms with Gasteiger partial charge in [0.05, 0.1) is 9.85 Å². The van der Waals surface area contributed by atoms with Gasteiger partial charge in [0.15, 0.2) is 0 Å². The number of fused-ring (bicyclic) bond motifs is 2. The summed E-state index contributed by atoms with van der Waals surface area (Å²) in [7, 11) is 0. The topological polar surface area (TPSA) is 139 Å². The lowest BCUT2D eigenvalue weighted by Gasteiger charge is -2.17. The number of para-hydroxylation sites is 2. The summed E-state index contributed by atoms with van der Waals surface area (Å²) in [6.45, 7) is 0. The molecule has 0 N–H and O–H groups in total. The fraction of sp³-hybridized carbons (Fsp3) is 0.0286. The van der Waals surface area contributed by atoms with Gasteiger partial charge in [0.1, 0.15) is 22.6 Å². The van der Waals surface area contributed by atoms with E-state index in [9.17, 15) is 29.8 Å². The molecule has 0 unspecified atom stereocenters. The molecule has 0 aromatic heterocycles. The van der Waals surface area contributed by atoms with Gasteiger partial charge in [0.25, 0.3) is 11.4 Å². The summed E-state index contributed by atoms with van der Waals surface area (Å²) in [6, 6.07) is 32.8. The molecule has 0 fully saturated rings. The van der Waals surface area contributed by atoms with Crippen LogP contribution in [0, 0.1) is 20.2 Å². The molecule has 10 nitrogen and oxygen atoms in total. The van der Waals surface area contributed by atoms with E-state index in [4.69, 9.17) is 9.47 Å². The smallest absolute Gasteiger partial charge is 0.350 e. The lowest BCUT2D eigenvalue weighted by molar-refractivity contribution is -0.385. The lowest BCUT2D eigenvalue weighted by atomic mass is 9.96. The van der Waals surface area contributed by atoms with Crippen molar-refractivity contribution in [2.75, 3.05) is 0 Å². The van der Waals surface area contributed by atoms with Crippen molar-refractivity contribution in [3.63, 3.8) is 0 Å². The van der Waals surface area contributed by atoms with Crippen LogP contribution in [0.2, 0.25) is 0 Å². The standard InChI is InChI=1S/C35H22N2O8/c38-34(28-13-5-7-15-30(28)36(40)41)44-32-24(19-17-22-9-1-3-11-26(22)32)21-25-20-18-23-10-2-4-12-27(23)33(25)45-35(39)29-14-6-8-16-31(29)37(42)43/h1-20H,21H2. The highest BCUT2D eigenvalue weighted by Gasteiger charge is 2.25. The largest absolute Gasteiger partial charge is 0.422 e. The van der Waals surface area contributed by atoms with Gasteiger partial charge in [-0.25, -0.2) is 9.59 Å². The lowest BCUT2D eigenvalue weighted by Crippen LogP contribution is -2.14. The normalized spacial score (nSPS) is 10.8. The SMILES string of the molecule is O=C(Oc1c(Cc2ccc3ccccc3c2OC(=O)c2ccccc2[N+](=O)[O-])ccc2ccccc12)c1ccccc1[N+](=O)[O-]. The summed E-state index contributed by atoms with van der Waals surface area (Å²) in [4.78, 5) is 48.7. The Labute approximate surface area is 255 Å². The minimum absolute atomic E-state index is 0.120. The zero-order valence-electron chi connectivity index (χ0n) is 23.4. The molecule has 0 heterocycles. The second-order valence-electron chi connectivity index (χ2n) is 10.1. The van der Waals surface area contributed by atoms with Crippen molar-refractivity contribution in [1.82, 2.24) is 0 Å². The van der Waals surface area contributed by atoms with Crippen LogP contribution in [0.1, 0.15) is 31.8 Å². The third-order valence-electron chi connectivity index (χ3n) is 7.33. The summed E-state index contributed by atoms with van der Waals surface area (Å²) >= 11 is 0. The summed E-state index contributed by atoms with van der Waals surface area (Å²) in [6.07, 6.45) is 0.120. The number of hydrogen-bond donors (Lipinski definition) is 0. The number of hydrogen-bond acceptors (Lipinski definition) is 8. The van der Waals surface area contributed by atoms with Gasteiger partial charge in [0.2, 0.25) is 0 Å². The molecule has 6 aromatic rings. The minimum atomic E-state index is -0.901. The predicted molar refractivity (Wildman–Crippen MR) is 167 cm³/mol. The highest BCUT2D eigenvalue weighted by molar-refractivity contribution is 6.00. The number of carbonyl (C=O) groups excluding carboxylic acids is 2. The molecule has 0 radical (unpaired) electrons. The maximum atomic E-state index is 13.4. The number of ether oxygens (including phenoxy) is 2. The van der Waals surface area contributed by atoms with E-state index in [1.165, 1.54) is 48.5 Å². The Morgan fingerprint density at radius 1 is 0.511 bits per heavy atom. The highest BCUT2D eigenvalue weighted by Crippen LogP contribution is 2.37. The number of rotatable bonds is 8. The van der Waals surface area contributed by atoms with Crippen LogP contribution in [0.3, 0.4) is 0 Å². The van der Waals surface area contributed by atoms with Crippen LogP contribution in [0.4, 0.5) is 11.4 Å². The number of nitrogens with zero attached hydrogens (tertiary/aromatic N) is 2. The van der Waals surface area contributed by atoms with E-state index in [0.29, 0.717) is 21.9 Å². The number of benzene rings is 6. The Morgan fingerprint density at radius 2 is 0.889 bits per heavy atom. The van der Waals surface area contributed by atoms with E-state index in [1.54, 1.807) is 36.4 Å². The quantitative estimate of drug-likeness (QED) is 0.0747. The van der Waals surface area contributed by atoms with Crippen molar-refractivity contribution in [2.45, 2.75) is 6.42 Å².